The number of hydrogen-bond acceptors (Lipinski definition) is 5. The van der Waals surface area contributed by atoms with Crippen molar-refractivity contribution in [3.05, 3.63) is 59.5 Å². The minimum Gasteiger partial charge on any atom is -0.497 e. The molecule has 0 saturated carbocycles. The fraction of sp³-hybridized carbons (Fsp3) is 0.304. The molecule has 31 heavy (non-hydrogen) atoms. The van der Waals surface area contributed by atoms with Crippen molar-refractivity contribution < 1.29 is 9.53 Å². The van der Waals surface area contributed by atoms with Crippen LogP contribution in [0.4, 0.5) is 0 Å². The van der Waals surface area contributed by atoms with Gasteiger partial charge in [-0.2, -0.15) is 10.2 Å². The molecule has 4 rings (SSSR count). The zero-order valence-corrected chi connectivity index (χ0v) is 18.4. The first-order chi connectivity index (χ1) is 14.9. The van der Waals surface area contributed by atoms with Gasteiger partial charge >= 0.3 is 0 Å². The van der Waals surface area contributed by atoms with Crippen LogP contribution in [0.3, 0.4) is 0 Å². The Bertz CT molecular complexity index is 1260. The minimum atomic E-state index is -0.163. The van der Waals surface area contributed by atoms with Gasteiger partial charge in [0.2, 0.25) is 0 Å². The molecular weight excluding hydrogens is 392 g/mol. The summed E-state index contributed by atoms with van der Waals surface area (Å²) < 4.78 is 8.89. The Morgan fingerprint density at radius 3 is 2.71 bits per heavy atom. The number of carbonyl (C=O) groups excluding carboxylic acids is 1. The summed E-state index contributed by atoms with van der Waals surface area (Å²) in [5.41, 5.74) is 4.49. The first kappa shape index (κ1) is 20.6. The summed E-state index contributed by atoms with van der Waals surface area (Å²) >= 11 is 0. The summed E-state index contributed by atoms with van der Waals surface area (Å²) in [6, 6.07) is 11.3. The number of nitrogens with one attached hydrogen (secondary N) is 1. The highest BCUT2D eigenvalue weighted by atomic mass is 16.5. The van der Waals surface area contributed by atoms with E-state index in [0.717, 1.165) is 28.1 Å². The lowest BCUT2D eigenvalue weighted by Gasteiger charge is -2.15. The molecule has 1 N–H and O–H groups in total. The lowest BCUT2D eigenvalue weighted by atomic mass is 10.0. The van der Waals surface area contributed by atoms with Crippen molar-refractivity contribution >= 4 is 16.9 Å². The van der Waals surface area contributed by atoms with E-state index in [4.69, 9.17) is 9.72 Å². The van der Waals surface area contributed by atoms with Crippen molar-refractivity contribution in [1.82, 2.24) is 29.9 Å². The van der Waals surface area contributed by atoms with E-state index in [9.17, 15) is 4.79 Å². The highest BCUT2D eigenvalue weighted by Crippen LogP contribution is 2.28. The quantitative estimate of drug-likeness (QED) is 0.519. The zero-order valence-electron chi connectivity index (χ0n) is 18.4. The summed E-state index contributed by atoms with van der Waals surface area (Å²) in [7, 11) is 3.46. The third-order valence-electron chi connectivity index (χ3n) is 5.19. The maximum atomic E-state index is 13.3. The Morgan fingerprint density at radius 2 is 2.00 bits per heavy atom. The van der Waals surface area contributed by atoms with Gasteiger partial charge in [0.15, 0.2) is 5.65 Å². The molecule has 0 saturated heterocycles. The molecule has 3 aromatic heterocycles. The molecule has 0 unspecified atom stereocenters. The van der Waals surface area contributed by atoms with Gasteiger partial charge in [-0.25, -0.2) is 4.98 Å². The van der Waals surface area contributed by atoms with Crippen molar-refractivity contribution in [2.45, 2.75) is 33.4 Å². The molecule has 4 aromatic rings. The average Bonchev–Trinajstić information content (AvgIpc) is 3.29. The fourth-order valence-electron chi connectivity index (χ4n) is 3.75. The molecule has 0 aliphatic rings. The highest BCUT2D eigenvalue weighted by molar-refractivity contribution is 6.07. The highest BCUT2D eigenvalue weighted by Gasteiger charge is 2.20. The van der Waals surface area contributed by atoms with Crippen LogP contribution >= 0.6 is 0 Å². The Morgan fingerprint density at radius 1 is 1.19 bits per heavy atom. The van der Waals surface area contributed by atoms with E-state index in [1.165, 1.54) is 0 Å². The number of benzene rings is 1. The summed E-state index contributed by atoms with van der Waals surface area (Å²) in [5.74, 6) is 0.568. The number of carbonyl (C=O) groups is 1. The summed E-state index contributed by atoms with van der Waals surface area (Å²) in [6.45, 7) is 6.38. The van der Waals surface area contributed by atoms with E-state index in [1.54, 1.807) is 11.8 Å². The van der Waals surface area contributed by atoms with Gasteiger partial charge in [-0.05, 0) is 45.0 Å². The van der Waals surface area contributed by atoms with Crippen LogP contribution in [-0.4, -0.2) is 43.6 Å². The van der Waals surface area contributed by atoms with Crippen LogP contribution in [0.1, 0.15) is 28.7 Å². The van der Waals surface area contributed by atoms with Crippen LogP contribution in [-0.2, 0) is 13.6 Å². The predicted octanol–water partition coefficient (Wildman–Crippen LogP) is 3.28. The zero-order chi connectivity index (χ0) is 22.1. The number of fused-ring (bicyclic) bond motifs is 1. The van der Waals surface area contributed by atoms with Crippen LogP contribution in [0.2, 0.25) is 0 Å². The number of methoxy groups -OCH3 is 1. The summed E-state index contributed by atoms with van der Waals surface area (Å²) in [5, 5.41) is 12.7. The number of aromatic nitrogens is 5. The second-order valence-corrected chi connectivity index (χ2v) is 7.75. The largest absolute Gasteiger partial charge is 0.497 e. The van der Waals surface area contributed by atoms with Crippen molar-refractivity contribution in [2.75, 3.05) is 7.11 Å². The van der Waals surface area contributed by atoms with Gasteiger partial charge in [0.25, 0.3) is 5.91 Å². The maximum Gasteiger partial charge on any atom is 0.252 e. The number of nitrogens with zero attached hydrogens (tertiary/aromatic N) is 5. The van der Waals surface area contributed by atoms with E-state index >= 15 is 0 Å². The number of ether oxygens (including phenoxy) is 1. The van der Waals surface area contributed by atoms with Crippen molar-refractivity contribution in [2.24, 2.45) is 7.05 Å². The number of amides is 1. The number of pyridine rings is 1. The molecule has 8 nitrogen and oxygen atoms in total. The van der Waals surface area contributed by atoms with Crippen LogP contribution in [0.25, 0.3) is 22.3 Å². The van der Waals surface area contributed by atoms with E-state index in [1.807, 2.05) is 75.1 Å². The van der Waals surface area contributed by atoms with Crippen LogP contribution in [0.15, 0.2) is 42.6 Å². The molecule has 0 radical (unpaired) electrons. The molecule has 0 aliphatic heterocycles. The van der Waals surface area contributed by atoms with Gasteiger partial charge in [-0.1, -0.05) is 12.1 Å². The van der Waals surface area contributed by atoms with E-state index < -0.39 is 0 Å². The molecule has 0 bridgehead atoms. The molecule has 0 spiro atoms. The monoisotopic (exact) mass is 418 g/mol. The summed E-state index contributed by atoms with van der Waals surface area (Å²) in [4.78, 5) is 18.1. The number of aryl methyl sites for hydroxylation is 3. The van der Waals surface area contributed by atoms with Crippen LogP contribution in [0, 0.1) is 13.8 Å². The average molecular weight is 419 g/mol. The van der Waals surface area contributed by atoms with Gasteiger partial charge in [0.1, 0.15) is 5.75 Å². The lowest BCUT2D eigenvalue weighted by Crippen LogP contribution is -2.36. The standard InChI is InChI=1S/C23H26N6O2/c1-14-9-10-29(26-14)13-15(2)24-23(30)19-12-20(17-7-6-8-18(11-17)31-5)25-22-21(19)16(3)27-28(22)4/h6-12,15H,13H2,1-5H3,(H,24,30)/t15-/m0/s1. The SMILES string of the molecule is COc1cccc(-c2cc(C(=O)N[C@@H](C)Cn3ccc(C)n3)c3c(C)nn(C)c3n2)c1. The van der Waals surface area contributed by atoms with E-state index in [2.05, 4.69) is 15.5 Å². The van der Waals surface area contributed by atoms with Gasteiger partial charge in [0.05, 0.1) is 41.7 Å². The van der Waals surface area contributed by atoms with Gasteiger partial charge in [0, 0.05) is 24.8 Å². The predicted molar refractivity (Wildman–Crippen MR) is 119 cm³/mol. The molecular formula is C23H26N6O2. The first-order valence-corrected chi connectivity index (χ1v) is 10.2. The molecule has 3 heterocycles. The Labute approximate surface area is 180 Å². The van der Waals surface area contributed by atoms with Gasteiger partial charge in [-0.3, -0.25) is 14.2 Å². The Balaban J connectivity index is 1.72. The molecule has 8 heteroatoms. The maximum absolute atomic E-state index is 13.3. The van der Waals surface area contributed by atoms with E-state index in [-0.39, 0.29) is 11.9 Å². The number of hydrogen-bond donors (Lipinski definition) is 1. The molecule has 0 fully saturated rings. The second-order valence-electron chi connectivity index (χ2n) is 7.75. The van der Waals surface area contributed by atoms with Crippen LogP contribution < -0.4 is 10.1 Å². The molecule has 160 valence electrons. The third kappa shape index (κ3) is 4.14. The van der Waals surface area contributed by atoms with Gasteiger partial charge in [-0.15, -0.1) is 0 Å². The molecule has 1 aromatic carbocycles. The fourth-order valence-corrected chi connectivity index (χ4v) is 3.75. The Hall–Kier alpha value is -3.68. The lowest BCUT2D eigenvalue weighted by molar-refractivity contribution is 0.0937. The van der Waals surface area contributed by atoms with Crippen LogP contribution in [0.5, 0.6) is 5.75 Å². The van der Waals surface area contributed by atoms with Gasteiger partial charge < -0.3 is 10.1 Å². The topological polar surface area (TPSA) is 86.9 Å². The molecule has 1 atom stereocenters. The molecule has 1 amide bonds. The van der Waals surface area contributed by atoms with Crippen molar-refractivity contribution in [1.29, 1.82) is 0 Å². The van der Waals surface area contributed by atoms with Crippen molar-refractivity contribution in [3.63, 3.8) is 0 Å². The number of rotatable bonds is 6. The molecule has 0 aliphatic carbocycles. The first-order valence-electron chi connectivity index (χ1n) is 10.2. The summed E-state index contributed by atoms with van der Waals surface area (Å²) in [6.07, 6.45) is 1.91. The second kappa shape index (κ2) is 8.22. The smallest absolute Gasteiger partial charge is 0.252 e. The normalized spacial score (nSPS) is 12.2. The van der Waals surface area contributed by atoms with Crippen molar-refractivity contribution in [3.8, 4) is 17.0 Å². The third-order valence-corrected chi connectivity index (χ3v) is 5.19. The Kier molecular flexibility index (Phi) is 5.46. The van der Waals surface area contributed by atoms with E-state index in [0.29, 0.717) is 23.4 Å². The minimum absolute atomic E-state index is 0.104.